The summed E-state index contributed by atoms with van der Waals surface area (Å²) in [6.45, 7) is 4.21. The van der Waals surface area contributed by atoms with E-state index in [0.29, 0.717) is 17.4 Å². The third kappa shape index (κ3) is 6.58. The first-order chi connectivity index (χ1) is 21.0. The highest BCUT2D eigenvalue weighted by atomic mass is 79.9. The maximum Gasteiger partial charge on any atom is 0.272 e. The summed E-state index contributed by atoms with van der Waals surface area (Å²) in [6, 6.07) is 15.8. The number of fused-ring (bicyclic) bond motifs is 3. The third-order valence-corrected chi connectivity index (χ3v) is 8.57. The smallest absolute Gasteiger partial charge is 0.272 e. The molecule has 11 heteroatoms. The highest BCUT2D eigenvalue weighted by molar-refractivity contribution is 9.10. The predicted octanol–water partition coefficient (Wildman–Crippen LogP) is 5.07. The maximum absolute atomic E-state index is 13.9. The van der Waals surface area contributed by atoms with E-state index >= 15 is 0 Å². The molecule has 1 unspecified atom stereocenters. The van der Waals surface area contributed by atoms with E-state index in [1.807, 2.05) is 49.6 Å². The Hall–Kier alpha value is -3.80. The minimum atomic E-state index is -0.164. The fraction of sp³-hybridized carbons (Fsp3) is 0.375. The molecular weight excluding hydrogens is 610 g/mol. The number of amides is 1. The fourth-order valence-corrected chi connectivity index (χ4v) is 6.19. The third-order valence-electron chi connectivity index (χ3n) is 8.08. The van der Waals surface area contributed by atoms with Gasteiger partial charge in [-0.25, -0.2) is 9.97 Å². The summed E-state index contributed by atoms with van der Waals surface area (Å²) < 4.78 is 13.8. The van der Waals surface area contributed by atoms with E-state index in [0.717, 1.165) is 96.8 Å². The van der Waals surface area contributed by atoms with Crippen molar-refractivity contribution in [3.8, 4) is 17.1 Å². The van der Waals surface area contributed by atoms with E-state index in [9.17, 15) is 4.79 Å². The lowest BCUT2D eigenvalue weighted by molar-refractivity contribution is 0.0360. The van der Waals surface area contributed by atoms with Crippen LogP contribution in [0.15, 0.2) is 59.2 Å². The van der Waals surface area contributed by atoms with Gasteiger partial charge in [0.05, 0.1) is 43.4 Å². The van der Waals surface area contributed by atoms with E-state index in [2.05, 4.69) is 48.6 Å². The maximum atomic E-state index is 13.9. The summed E-state index contributed by atoms with van der Waals surface area (Å²) >= 11 is 3.49. The SMILES string of the molecule is COc1cc(Br)ccc1Nc1ncc2c(n1)-c1c(c(C(=O)NC(CCN3CCOCC3)c3ccccc3)nn1C)CCC2. The summed E-state index contributed by atoms with van der Waals surface area (Å²) in [5.41, 5.74) is 5.91. The lowest BCUT2D eigenvalue weighted by Crippen LogP contribution is -2.39. The molecule has 2 aromatic carbocycles. The Kier molecular flexibility index (Phi) is 9.01. The topological polar surface area (TPSA) is 106 Å². The first-order valence-electron chi connectivity index (χ1n) is 14.7. The number of nitrogens with zero attached hydrogens (tertiary/aromatic N) is 5. The van der Waals surface area contributed by atoms with Crippen LogP contribution in [0.4, 0.5) is 11.6 Å². The molecule has 1 amide bonds. The Bertz CT molecular complexity index is 1590. The largest absolute Gasteiger partial charge is 0.495 e. The number of methoxy groups -OCH3 is 1. The summed E-state index contributed by atoms with van der Waals surface area (Å²) in [5.74, 6) is 0.963. The molecule has 43 heavy (non-hydrogen) atoms. The predicted molar refractivity (Wildman–Crippen MR) is 169 cm³/mol. The number of anilines is 2. The molecule has 0 radical (unpaired) electrons. The van der Waals surface area contributed by atoms with Crippen LogP contribution in [0.5, 0.6) is 5.75 Å². The van der Waals surface area contributed by atoms with Crippen LogP contribution >= 0.6 is 15.9 Å². The minimum Gasteiger partial charge on any atom is -0.495 e. The molecule has 1 saturated heterocycles. The van der Waals surface area contributed by atoms with Gasteiger partial charge in [-0.1, -0.05) is 46.3 Å². The van der Waals surface area contributed by atoms with Gasteiger partial charge in [-0.15, -0.1) is 0 Å². The van der Waals surface area contributed by atoms with E-state index in [-0.39, 0.29) is 11.9 Å². The molecule has 3 heterocycles. The van der Waals surface area contributed by atoms with Crippen LogP contribution in [0.3, 0.4) is 0 Å². The molecule has 2 aliphatic rings. The first-order valence-corrected chi connectivity index (χ1v) is 15.5. The molecule has 1 aliphatic heterocycles. The van der Waals surface area contributed by atoms with Gasteiger partial charge >= 0.3 is 0 Å². The van der Waals surface area contributed by atoms with Gasteiger partial charge in [0, 0.05) is 42.9 Å². The molecule has 224 valence electrons. The van der Waals surface area contributed by atoms with Crippen LogP contribution < -0.4 is 15.4 Å². The molecule has 1 fully saturated rings. The van der Waals surface area contributed by atoms with Crippen LogP contribution in [-0.2, 0) is 24.6 Å². The second-order valence-corrected chi connectivity index (χ2v) is 11.8. The van der Waals surface area contributed by atoms with Crippen molar-refractivity contribution in [2.24, 2.45) is 7.05 Å². The van der Waals surface area contributed by atoms with E-state index in [1.54, 1.807) is 11.8 Å². The monoisotopic (exact) mass is 645 g/mol. The zero-order valence-corrected chi connectivity index (χ0v) is 26.1. The number of morpholine rings is 1. The number of hydrogen-bond donors (Lipinski definition) is 2. The minimum absolute atomic E-state index is 0.133. The molecule has 0 spiro atoms. The van der Waals surface area contributed by atoms with E-state index in [1.165, 1.54) is 0 Å². The van der Waals surface area contributed by atoms with Gasteiger partial charge in [0.25, 0.3) is 5.91 Å². The van der Waals surface area contributed by atoms with Crippen LogP contribution in [0.25, 0.3) is 11.4 Å². The summed E-state index contributed by atoms with van der Waals surface area (Å²) in [4.78, 5) is 25.8. The standard InChI is InChI=1S/C32H36BrN7O3/c1-39-30-24(10-6-9-22-20-34-32(37-28(22)30)36-26-12-11-23(33)19-27(26)42-2)29(38-39)31(41)35-25(21-7-4-3-5-8-21)13-14-40-15-17-43-18-16-40/h3-5,7-8,11-12,19-20,25H,6,9-10,13-18H2,1-2H3,(H,35,41)(H,34,36,37). The highest BCUT2D eigenvalue weighted by Gasteiger charge is 2.29. The van der Waals surface area contributed by atoms with E-state index < -0.39 is 0 Å². The van der Waals surface area contributed by atoms with Crippen LogP contribution in [0, 0.1) is 0 Å². The molecule has 2 N–H and O–H groups in total. The van der Waals surface area contributed by atoms with Crippen molar-refractivity contribution < 1.29 is 14.3 Å². The zero-order valence-electron chi connectivity index (χ0n) is 24.5. The Morgan fingerprint density at radius 3 is 2.74 bits per heavy atom. The Morgan fingerprint density at radius 1 is 1.14 bits per heavy atom. The van der Waals surface area contributed by atoms with Gasteiger partial charge in [0.15, 0.2) is 5.69 Å². The number of rotatable bonds is 9. The number of aromatic nitrogens is 4. The molecule has 0 saturated carbocycles. The average Bonchev–Trinajstić information content (AvgIpc) is 3.24. The summed E-state index contributed by atoms with van der Waals surface area (Å²) in [5, 5.41) is 11.4. The van der Waals surface area contributed by atoms with Gasteiger partial charge in [-0.3, -0.25) is 14.4 Å². The summed E-state index contributed by atoms with van der Waals surface area (Å²) in [6.07, 6.45) is 5.10. The number of benzene rings is 2. The van der Waals surface area contributed by atoms with E-state index in [4.69, 9.17) is 19.6 Å². The van der Waals surface area contributed by atoms with Crippen LogP contribution in [-0.4, -0.2) is 70.5 Å². The van der Waals surface area contributed by atoms with Gasteiger partial charge in [-0.05, 0) is 55.0 Å². The van der Waals surface area contributed by atoms with Crippen LogP contribution in [0.2, 0.25) is 0 Å². The fourth-order valence-electron chi connectivity index (χ4n) is 5.85. The van der Waals surface area contributed by atoms with Crippen molar-refractivity contribution in [1.82, 2.24) is 30.0 Å². The lowest BCUT2D eigenvalue weighted by Gasteiger charge is -2.28. The Labute approximate surface area is 259 Å². The van der Waals surface area contributed by atoms with Gasteiger partial charge < -0.3 is 20.1 Å². The number of carbonyl (C=O) groups excluding carboxylic acids is 1. The highest BCUT2D eigenvalue weighted by Crippen LogP contribution is 2.35. The lowest BCUT2D eigenvalue weighted by atomic mass is 10.0. The van der Waals surface area contributed by atoms with Crippen molar-refractivity contribution in [1.29, 1.82) is 0 Å². The molecule has 4 aromatic rings. The van der Waals surface area contributed by atoms with Crippen molar-refractivity contribution >= 4 is 33.5 Å². The van der Waals surface area contributed by atoms with Gasteiger partial charge in [-0.2, -0.15) is 5.10 Å². The molecule has 1 atom stereocenters. The number of nitrogens with one attached hydrogen (secondary N) is 2. The number of ether oxygens (including phenoxy) is 2. The molecule has 2 aromatic heterocycles. The summed E-state index contributed by atoms with van der Waals surface area (Å²) in [7, 11) is 3.51. The van der Waals surface area contributed by atoms with Crippen molar-refractivity contribution in [3.05, 3.63) is 81.6 Å². The number of aryl methyl sites for hydroxylation is 2. The molecule has 10 nitrogen and oxygen atoms in total. The molecular formula is C32H36BrN7O3. The second-order valence-electron chi connectivity index (χ2n) is 10.9. The molecule has 1 aliphatic carbocycles. The zero-order chi connectivity index (χ0) is 29.8. The molecule has 6 rings (SSSR count). The Morgan fingerprint density at radius 2 is 1.95 bits per heavy atom. The van der Waals surface area contributed by atoms with Crippen LogP contribution in [0.1, 0.15) is 46.1 Å². The Balaban J connectivity index is 1.28. The average molecular weight is 647 g/mol. The number of halogens is 1. The van der Waals surface area contributed by atoms with Crippen molar-refractivity contribution in [2.45, 2.75) is 31.7 Å². The van der Waals surface area contributed by atoms with Gasteiger partial charge in [0.1, 0.15) is 5.75 Å². The first kappa shape index (κ1) is 29.3. The quantitative estimate of drug-likeness (QED) is 0.260. The van der Waals surface area contributed by atoms with Crippen molar-refractivity contribution in [3.63, 3.8) is 0 Å². The van der Waals surface area contributed by atoms with Crippen molar-refractivity contribution in [2.75, 3.05) is 45.3 Å². The van der Waals surface area contributed by atoms with Gasteiger partial charge in [0.2, 0.25) is 5.95 Å². The second kappa shape index (κ2) is 13.2. The number of hydrogen-bond acceptors (Lipinski definition) is 8. The number of carbonyl (C=O) groups is 1. The molecule has 0 bridgehead atoms. The normalized spacial score (nSPS) is 15.6.